The highest BCUT2D eigenvalue weighted by Gasteiger charge is 2.21. The highest BCUT2D eigenvalue weighted by atomic mass is 16.3. The summed E-state index contributed by atoms with van der Waals surface area (Å²) >= 11 is 0. The Morgan fingerprint density at radius 1 is 0.309 bits per heavy atom. The summed E-state index contributed by atoms with van der Waals surface area (Å²) in [5.41, 5.74) is 8.84. The van der Waals surface area contributed by atoms with E-state index in [0.29, 0.717) is 17.5 Å². The Hall–Kier alpha value is -7.43. The molecule has 0 atom stereocenters. The number of hydrogen-bond acceptors (Lipinski definition) is 4. The van der Waals surface area contributed by atoms with Crippen LogP contribution in [0.1, 0.15) is 0 Å². The zero-order valence-electron chi connectivity index (χ0n) is 29.6. The van der Waals surface area contributed by atoms with E-state index in [4.69, 9.17) is 19.4 Å². The minimum absolute atomic E-state index is 0.590. The molecule has 2 heterocycles. The van der Waals surface area contributed by atoms with Crippen LogP contribution < -0.4 is 0 Å². The van der Waals surface area contributed by atoms with Gasteiger partial charge in [-0.3, -0.25) is 0 Å². The molecule has 0 spiro atoms. The number of aromatic nitrogens is 3. The van der Waals surface area contributed by atoms with Crippen LogP contribution in [-0.4, -0.2) is 15.0 Å². The van der Waals surface area contributed by atoms with Gasteiger partial charge in [-0.15, -0.1) is 0 Å². The lowest BCUT2D eigenvalue weighted by Gasteiger charge is -2.12. The molecular formula is C51H31N3O. The molecule has 0 N–H and O–H groups in total. The van der Waals surface area contributed by atoms with Crippen molar-refractivity contribution in [2.24, 2.45) is 0 Å². The fourth-order valence-electron chi connectivity index (χ4n) is 8.05. The van der Waals surface area contributed by atoms with Crippen LogP contribution >= 0.6 is 0 Å². The van der Waals surface area contributed by atoms with E-state index in [1.807, 2.05) is 12.1 Å². The maximum Gasteiger partial charge on any atom is 0.164 e. The third kappa shape index (κ3) is 5.26. The first-order valence-corrected chi connectivity index (χ1v) is 18.5. The van der Waals surface area contributed by atoms with Gasteiger partial charge >= 0.3 is 0 Å². The Labute approximate surface area is 317 Å². The standard InChI is InChI=1S/C51H31N3O/c1-2-14-37-31-38(28-23-32(37)11-1)50-52-49(36-26-24-35(25-27-36)40-20-9-15-33-12-3-5-17-39(33)40)53-51(54-50)45-30-29-43(42-21-10-16-34-13-4-6-18-41(34)42)48-47(45)44-19-7-8-22-46(44)55-48/h1-31H. The fraction of sp³-hybridized carbons (Fsp3) is 0. The van der Waals surface area contributed by atoms with Crippen LogP contribution in [0.4, 0.5) is 0 Å². The lowest BCUT2D eigenvalue weighted by Crippen LogP contribution is -2.00. The number of hydrogen-bond donors (Lipinski definition) is 0. The monoisotopic (exact) mass is 701 g/mol. The van der Waals surface area contributed by atoms with Crippen LogP contribution in [-0.2, 0) is 0 Å². The maximum atomic E-state index is 6.74. The normalized spacial score (nSPS) is 11.6. The predicted octanol–water partition coefficient (Wildman–Crippen LogP) is 13.6. The molecule has 2 aromatic heterocycles. The molecule has 0 bridgehead atoms. The largest absolute Gasteiger partial charge is 0.455 e. The van der Waals surface area contributed by atoms with E-state index in [2.05, 4.69) is 176 Å². The highest BCUT2D eigenvalue weighted by Crippen LogP contribution is 2.43. The maximum absolute atomic E-state index is 6.74. The van der Waals surface area contributed by atoms with Crippen molar-refractivity contribution in [1.82, 2.24) is 15.0 Å². The number of fused-ring (bicyclic) bond motifs is 6. The summed E-state index contributed by atoms with van der Waals surface area (Å²) in [6.07, 6.45) is 0. The molecule has 11 aromatic rings. The number of benzene rings is 9. The van der Waals surface area contributed by atoms with Crippen molar-refractivity contribution >= 4 is 54.3 Å². The van der Waals surface area contributed by atoms with Gasteiger partial charge in [0.1, 0.15) is 11.2 Å². The molecule has 0 unspecified atom stereocenters. The molecule has 256 valence electrons. The molecule has 11 rings (SSSR count). The van der Waals surface area contributed by atoms with Gasteiger partial charge in [-0.25, -0.2) is 15.0 Å². The van der Waals surface area contributed by atoms with Gasteiger partial charge in [0, 0.05) is 33.0 Å². The molecule has 0 aliphatic heterocycles. The molecule has 0 saturated heterocycles. The molecule has 55 heavy (non-hydrogen) atoms. The highest BCUT2D eigenvalue weighted by molar-refractivity contribution is 6.17. The molecule has 0 aliphatic rings. The first kappa shape index (κ1) is 31.1. The number of furan rings is 1. The van der Waals surface area contributed by atoms with E-state index in [9.17, 15) is 0 Å². The molecule has 0 aliphatic carbocycles. The third-order valence-corrected chi connectivity index (χ3v) is 10.7. The molecule has 0 saturated carbocycles. The van der Waals surface area contributed by atoms with Crippen molar-refractivity contribution in [3.8, 4) is 56.4 Å². The third-order valence-electron chi connectivity index (χ3n) is 10.7. The fourth-order valence-corrected chi connectivity index (χ4v) is 8.05. The number of nitrogens with zero attached hydrogens (tertiary/aromatic N) is 3. The lowest BCUT2D eigenvalue weighted by molar-refractivity contribution is 0.670. The summed E-state index contributed by atoms with van der Waals surface area (Å²) in [7, 11) is 0. The van der Waals surface area contributed by atoms with E-state index < -0.39 is 0 Å². The van der Waals surface area contributed by atoms with Crippen molar-refractivity contribution in [3.05, 3.63) is 188 Å². The number of para-hydroxylation sites is 1. The molecule has 4 heteroatoms. The van der Waals surface area contributed by atoms with Gasteiger partial charge in [0.15, 0.2) is 17.5 Å². The molecule has 0 radical (unpaired) electrons. The topological polar surface area (TPSA) is 51.8 Å². The minimum Gasteiger partial charge on any atom is -0.455 e. The van der Waals surface area contributed by atoms with Crippen LogP contribution in [0.2, 0.25) is 0 Å². The second-order valence-corrected chi connectivity index (χ2v) is 14.0. The summed E-state index contributed by atoms with van der Waals surface area (Å²) in [6, 6.07) is 65.7. The second-order valence-electron chi connectivity index (χ2n) is 14.0. The Balaban J connectivity index is 1.13. The summed E-state index contributed by atoms with van der Waals surface area (Å²) in [6.45, 7) is 0. The molecule has 9 aromatic carbocycles. The van der Waals surface area contributed by atoms with Crippen LogP contribution in [0.3, 0.4) is 0 Å². The zero-order valence-corrected chi connectivity index (χ0v) is 29.6. The summed E-state index contributed by atoms with van der Waals surface area (Å²) in [5, 5.41) is 9.09. The van der Waals surface area contributed by atoms with Crippen molar-refractivity contribution in [1.29, 1.82) is 0 Å². The summed E-state index contributed by atoms with van der Waals surface area (Å²) in [5.74, 6) is 1.81. The summed E-state index contributed by atoms with van der Waals surface area (Å²) in [4.78, 5) is 15.6. The van der Waals surface area contributed by atoms with Crippen molar-refractivity contribution < 1.29 is 4.42 Å². The first-order chi connectivity index (χ1) is 27.2. The minimum atomic E-state index is 0.590. The Morgan fingerprint density at radius 2 is 0.836 bits per heavy atom. The average Bonchev–Trinajstić information content (AvgIpc) is 3.65. The van der Waals surface area contributed by atoms with E-state index in [1.54, 1.807) is 0 Å². The zero-order chi connectivity index (χ0) is 36.3. The van der Waals surface area contributed by atoms with Gasteiger partial charge < -0.3 is 4.42 Å². The predicted molar refractivity (Wildman–Crippen MR) is 227 cm³/mol. The Kier molecular flexibility index (Phi) is 7.14. The smallest absolute Gasteiger partial charge is 0.164 e. The van der Waals surface area contributed by atoms with Crippen molar-refractivity contribution in [2.45, 2.75) is 0 Å². The Bertz CT molecular complexity index is 3260. The van der Waals surface area contributed by atoms with Crippen LogP contribution in [0.15, 0.2) is 192 Å². The van der Waals surface area contributed by atoms with Crippen LogP contribution in [0.5, 0.6) is 0 Å². The van der Waals surface area contributed by atoms with Crippen molar-refractivity contribution in [2.75, 3.05) is 0 Å². The van der Waals surface area contributed by atoms with Gasteiger partial charge in [0.25, 0.3) is 0 Å². The van der Waals surface area contributed by atoms with Crippen LogP contribution in [0.25, 0.3) is 111 Å². The van der Waals surface area contributed by atoms with Crippen LogP contribution in [0, 0.1) is 0 Å². The van der Waals surface area contributed by atoms with E-state index in [-0.39, 0.29) is 0 Å². The summed E-state index contributed by atoms with van der Waals surface area (Å²) < 4.78 is 6.74. The molecule has 0 fully saturated rings. The van der Waals surface area contributed by atoms with Gasteiger partial charge in [-0.05, 0) is 73.3 Å². The van der Waals surface area contributed by atoms with E-state index >= 15 is 0 Å². The van der Waals surface area contributed by atoms with Gasteiger partial charge in [0.05, 0.1) is 0 Å². The second kappa shape index (κ2) is 12.6. The Morgan fingerprint density at radius 3 is 1.60 bits per heavy atom. The van der Waals surface area contributed by atoms with Gasteiger partial charge in [-0.2, -0.15) is 0 Å². The molecule has 0 amide bonds. The van der Waals surface area contributed by atoms with Gasteiger partial charge in [-0.1, -0.05) is 164 Å². The SMILES string of the molecule is c1ccc2cc(-c3nc(-c4ccc(-c5cccc6ccccc56)cc4)nc(-c4ccc(-c5cccc6ccccc56)c5oc6ccccc6c45)n3)ccc2c1. The quantitative estimate of drug-likeness (QED) is 0.179. The van der Waals surface area contributed by atoms with Gasteiger partial charge in [0.2, 0.25) is 0 Å². The average molecular weight is 702 g/mol. The number of rotatable bonds is 5. The molecule has 4 nitrogen and oxygen atoms in total. The van der Waals surface area contributed by atoms with E-state index in [0.717, 1.165) is 60.7 Å². The first-order valence-electron chi connectivity index (χ1n) is 18.5. The van der Waals surface area contributed by atoms with E-state index in [1.165, 1.54) is 32.5 Å². The molecular weight excluding hydrogens is 671 g/mol. The lowest BCUT2D eigenvalue weighted by atomic mass is 9.94. The van der Waals surface area contributed by atoms with Crippen molar-refractivity contribution in [3.63, 3.8) is 0 Å².